The summed E-state index contributed by atoms with van der Waals surface area (Å²) in [7, 11) is -1.88. The molecule has 0 amide bonds. The quantitative estimate of drug-likeness (QED) is 0.276. The Morgan fingerprint density at radius 2 is 0.643 bits per heavy atom. The second kappa shape index (κ2) is 10.7. The summed E-state index contributed by atoms with van der Waals surface area (Å²) in [5, 5.41) is 0. The maximum atomic E-state index is 2.40. The minimum atomic E-state index is -0.940. The van der Waals surface area contributed by atoms with E-state index in [4.69, 9.17) is 0 Å². The van der Waals surface area contributed by atoms with Crippen molar-refractivity contribution in [3.8, 4) is 0 Å². The molecule has 4 aromatic rings. The first-order chi connectivity index (χ1) is 13.9. The molecular weight excluding hydrogens is 604 g/mol. The maximum absolute atomic E-state index is 2.40. The zero-order valence-electron chi connectivity index (χ0n) is 15.2. The normalized spacial score (nSPS) is 11.1. The van der Waals surface area contributed by atoms with E-state index in [0.29, 0.717) is 26.3 Å². The Labute approximate surface area is 184 Å². The molecule has 0 N–H and O–H groups in total. The fraction of sp³-hybridized carbons (Fsp3) is 0. The van der Waals surface area contributed by atoms with Crippen molar-refractivity contribution in [3.63, 3.8) is 0 Å². The molecule has 0 aliphatic rings. The van der Waals surface area contributed by atoms with Gasteiger partial charge < -0.3 is 0 Å². The van der Waals surface area contributed by atoms with Gasteiger partial charge in [-0.1, -0.05) is 0 Å². The predicted molar refractivity (Wildman–Crippen MR) is 127 cm³/mol. The Hall–Kier alpha value is -1.04. The van der Waals surface area contributed by atoms with Gasteiger partial charge >= 0.3 is 186 Å². The zero-order chi connectivity index (χ0) is 19.0. The second-order valence-corrected chi connectivity index (χ2v) is 41.8. The van der Waals surface area contributed by atoms with Crippen LogP contribution in [0.4, 0.5) is 0 Å². The van der Waals surface area contributed by atoms with Gasteiger partial charge in [0.25, 0.3) is 0 Å². The summed E-state index contributed by atoms with van der Waals surface area (Å²) in [6.07, 6.45) is 0. The second-order valence-electron chi connectivity index (χ2n) is 5.89. The molecule has 0 unspecified atom stereocenters. The molecule has 0 aliphatic heterocycles. The molecule has 4 heteroatoms. The Morgan fingerprint density at radius 3 is 0.964 bits per heavy atom. The van der Waals surface area contributed by atoms with Crippen LogP contribution in [0.1, 0.15) is 0 Å². The van der Waals surface area contributed by atoms with Gasteiger partial charge in [0.15, 0.2) is 0 Å². The molecule has 0 saturated heterocycles. The summed E-state index contributed by atoms with van der Waals surface area (Å²) in [5.41, 5.74) is 0. The van der Waals surface area contributed by atoms with E-state index in [2.05, 4.69) is 121 Å². The van der Waals surface area contributed by atoms with E-state index in [9.17, 15) is 0 Å². The molecule has 0 aliphatic carbocycles. The monoisotopic (exact) mass is 628 g/mol. The molecule has 0 nitrogen and oxygen atoms in total. The van der Waals surface area contributed by atoms with Crippen LogP contribution < -0.4 is 17.8 Å². The van der Waals surface area contributed by atoms with Crippen molar-refractivity contribution in [3.05, 3.63) is 121 Å². The first kappa shape index (κ1) is 20.2. The van der Waals surface area contributed by atoms with Crippen LogP contribution in [0.25, 0.3) is 0 Å². The van der Waals surface area contributed by atoms with E-state index in [1.54, 1.807) is 17.8 Å². The van der Waals surface area contributed by atoms with Gasteiger partial charge in [-0.3, -0.25) is 0 Å². The van der Waals surface area contributed by atoms with Crippen molar-refractivity contribution >= 4 is 64.6 Å². The Bertz CT molecular complexity index is 877. The van der Waals surface area contributed by atoms with E-state index >= 15 is 0 Å². The van der Waals surface area contributed by atoms with Crippen LogP contribution in [0.3, 0.4) is 0 Å². The average Bonchev–Trinajstić information content (AvgIpc) is 2.79. The minimum absolute atomic E-state index is 0.541. The number of hydrogen-bond donors (Lipinski definition) is 0. The van der Waals surface area contributed by atoms with E-state index in [1.807, 2.05) is 0 Å². The SMILES string of the molecule is c1ccc([Se][Se](c2ccccc2)[Se]([Se]c2ccccc2)c2ccccc2)cc1. The van der Waals surface area contributed by atoms with Crippen molar-refractivity contribution in [1.29, 1.82) is 0 Å². The summed E-state index contributed by atoms with van der Waals surface area (Å²) >= 11 is 1.08. The third kappa shape index (κ3) is 5.52. The van der Waals surface area contributed by atoms with Crippen LogP contribution in [-0.4, -0.2) is 46.8 Å². The molecule has 4 rings (SSSR count). The van der Waals surface area contributed by atoms with E-state index in [1.165, 1.54) is 0 Å². The van der Waals surface area contributed by atoms with Crippen molar-refractivity contribution in [2.45, 2.75) is 0 Å². The van der Waals surface area contributed by atoms with Gasteiger partial charge in [0.2, 0.25) is 0 Å². The standard InChI is InChI=1S/C24H20Se4/c1-5-13-21(14-6-1)25-27(23-17-9-3-10-18-23)28(24-19-11-4-12-20-24)26-22-15-7-2-8-16-22/h1-20H. The molecule has 2 radical (unpaired) electrons. The van der Waals surface area contributed by atoms with Crippen LogP contribution in [-0.2, 0) is 0 Å². The van der Waals surface area contributed by atoms with Crippen LogP contribution in [0.5, 0.6) is 0 Å². The Morgan fingerprint density at radius 1 is 0.357 bits per heavy atom. The molecule has 28 heavy (non-hydrogen) atoms. The summed E-state index contributed by atoms with van der Waals surface area (Å²) < 4.78 is 6.38. The summed E-state index contributed by atoms with van der Waals surface area (Å²) in [6, 6.07) is 45.2. The molecule has 0 fully saturated rings. The van der Waals surface area contributed by atoms with Gasteiger partial charge in [-0.05, 0) is 0 Å². The van der Waals surface area contributed by atoms with Crippen molar-refractivity contribution in [2.24, 2.45) is 0 Å². The molecule has 0 atom stereocenters. The summed E-state index contributed by atoms with van der Waals surface area (Å²) in [6.45, 7) is 0. The van der Waals surface area contributed by atoms with Crippen LogP contribution >= 0.6 is 0 Å². The Kier molecular flexibility index (Phi) is 7.70. The molecule has 4 aromatic carbocycles. The Balaban J connectivity index is 1.76. The number of hydrogen-bond acceptors (Lipinski definition) is 0. The van der Waals surface area contributed by atoms with Gasteiger partial charge in [0.1, 0.15) is 0 Å². The molecule has 0 heterocycles. The average molecular weight is 624 g/mol. The molecule has 0 bridgehead atoms. The van der Waals surface area contributed by atoms with Crippen molar-refractivity contribution in [2.75, 3.05) is 0 Å². The molecule has 0 saturated carbocycles. The topological polar surface area (TPSA) is 0 Å². The first-order valence-electron chi connectivity index (χ1n) is 8.96. The van der Waals surface area contributed by atoms with Gasteiger partial charge in [-0.2, -0.15) is 0 Å². The summed E-state index contributed by atoms with van der Waals surface area (Å²) in [5.74, 6) is 0. The van der Waals surface area contributed by atoms with Crippen molar-refractivity contribution < 1.29 is 0 Å². The van der Waals surface area contributed by atoms with Crippen LogP contribution in [0, 0.1) is 0 Å². The van der Waals surface area contributed by atoms with Gasteiger partial charge in [0, 0.05) is 0 Å². The number of rotatable bonds is 7. The van der Waals surface area contributed by atoms with E-state index in [0.717, 1.165) is 0 Å². The third-order valence-corrected chi connectivity index (χ3v) is 63.6. The molecule has 0 aromatic heterocycles. The fourth-order valence-corrected chi connectivity index (χ4v) is 66.9. The molecule has 140 valence electrons. The number of benzene rings is 4. The third-order valence-electron chi connectivity index (χ3n) is 3.84. The predicted octanol–water partition coefficient (Wildman–Crippen LogP) is 1.92. The molecular formula is C24H20Se4. The van der Waals surface area contributed by atoms with Crippen LogP contribution in [0.2, 0.25) is 0 Å². The first-order valence-corrected chi connectivity index (χ1v) is 25.4. The van der Waals surface area contributed by atoms with E-state index in [-0.39, 0.29) is 0 Å². The van der Waals surface area contributed by atoms with Gasteiger partial charge in [0.05, 0.1) is 0 Å². The van der Waals surface area contributed by atoms with Crippen molar-refractivity contribution in [1.82, 2.24) is 0 Å². The van der Waals surface area contributed by atoms with Gasteiger partial charge in [-0.15, -0.1) is 0 Å². The van der Waals surface area contributed by atoms with Gasteiger partial charge in [-0.25, -0.2) is 0 Å². The van der Waals surface area contributed by atoms with E-state index < -0.39 is 20.5 Å². The zero-order valence-corrected chi connectivity index (χ0v) is 22.0. The summed E-state index contributed by atoms with van der Waals surface area (Å²) in [4.78, 5) is 0. The van der Waals surface area contributed by atoms with Crippen LogP contribution in [0.15, 0.2) is 121 Å². The molecule has 0 spiro atoms. The fourth-order valence-electron chi connectivity index (χ4n) is 2.52.